The molecule has 1 aliphatic rings. The van der Waals surface area contributed by atoms with Crippen LogP contribution in [-0.4, -0.2) is 28.5 Å². The number of fused-ring (bicyclic) bond motifs is 3. The van der Waals surface area contributed by atoms with Gasteiger partial charge in [-0.05, 0) is 51.4 Å². The minimum Gasteiger partial charge on any atom is -0.457 e. The van der Waals surface area contributed by atoms with Gasteiger partial charge in [-0.15, -0.1) is 0 Å². The fourth-order valence-corrected chi connectivity index (χ4v) is 4.34. The van der Waals surface area contributed by atoms with Crippen molar-refractivity contribution in [1.29, 1.82) is 0 Å². The van der Waals surface area contributed by atoms with Crippen LogP contribution in [0, 0.1) is 0 Å². The van der Waals surface area contributed by atoms with Crippen LogP contribution in [0.25, 0.3) is 22.0 Å². The number of likely N-dealkylation sites (tertiary alicyclic amines) is 1. The van der Waals surface area contributed by atoms with Crippen LogP contribution in [0.5, 0.6) is 0 Å². The van der Waals surface area contributed by atoms with Gasteiger partial charge in [0.25, 0.3) is 0 Å². The van der Waals surface area contributed by atoms with E-state index in [1.165, 1.54) is 24.8 Å². The molecule has 0 bridgehead atoms. The minimum atomic E-state index is -0.244. The Morgan fingerprint density at radius 2 is 1.96 bits per heavy atom. The van der Waals surface area contributed by atoms with Crippen molar-refractivity contribution in [2.45, 2.75) is 51.6 Å². The molecule has 2 N–H and O–H groups in total. The predicted octanol–water partition coefficient (Wildman–Crippen LogP) is 4.20. The van der Waals surface area contributed by atoms with Gasteiger partial charge in [-0.2, -0.15) is 0 Å². The molecule has 138 valence electrons. The highest BCUT2D eigenvalue weighted by Crippen LogP contribution is 2.37. The van der Waals surface area contributed by atoms with E-state index in [1.807, 2.05) is 0 Å². The number of aryl methyl sites for hydroxylation is 1. The minimum absolute atomic E-state index is 0.124. The molecule has 3 aromatic rings. The van der Waals surface area contributed by atoms with Gasteiger partial charge in [0.1, 0.15) is 5.76 Å². The average Bonchev–Trinajstić information content (AvgIpc) is 3.19. The highest BCUT2D eigenvalue weighted by atomic mass is 16.3. The molecule has 1 aromatic carbocycles. The number of furan rings is 1. The molecule has 1 unspecified atom stereocenters. The SMILES string of the molecule is CCn1c2ccccc2c2oc(C(CCC(N)=O)N3CCCCC3)cc21. The lowest BCUT2D eigenvalue weighted by Gasteiger charge is -2.33. The molecule has 0 spiro atoms. The lowest BCUT2D eigenvalue weighted by Crippen LogP contribution is -2.34. The first-order chi connectivity index (χ1) is 12.7. The third-order valence-electron chi connectivity index (χ3n) is 5.60. The highest BCUT2D eigenvalue weighted by Gasteiger charge is 2.27. The van der Waals surface area contributed by atoms with E-state index in [1.54, 1.807) is 0 Å². The topological polar surface area (TPSA) is 64.4 Å². The number of primary amides is 1. The number of piperidine rings is 1. The number of nitrogens with two attached hydrogens (primary N) is 1. The maximum absolute atomic E-state index is 11.4. The second-order valence-electron chi connectivity index (χ2n) is 7.24. The lowest BCUT2D eigenvalue weighted by atomic mass is 10.0. The van der Waals surface area contributed by atoms with Gasteiger partial charge in [-0.1, -0.05) is 18.6 Å². The maximum Gasteiger partial charge on any atom is 0.217 e. The quantitative estimate of drug-likeness (QED) is 0.722. The summed E-state index contributed by atoms with van der Waals surface area (Å²) in [5.41, 5.74) is 8.74. The first kappa shape index (κ1) is 17.2. The smallest absolute Gasteiger partial charge is 0.217 e. The second-order valence-corrected chi connectivity index (χ2v) is 7.24. The van der Waals surface area contributed by atoms with Crippen molar-refractivity contribution >= 4 is 27.9 Å². The Morgan fingerprint density at radius 3 is 2.69 bits per heavy atom. The van der Waals surface area contributed by atoms with Crippen molar-refractivity contribution < 1.29 is 9.21 Å². The number of hydrogen-bond acceptors (Lipinski definition) is 3. The van der Waals surface area contributed by atoms with Gasteiger partial charge in [-0.25, -0.2) is 0 Å². The first-order valence-corrected chi connectivity index (χ1v) is 9.72. The Bertz CT molecular complexity index is 918. The monoisotopic (exact) mass is 353 g/mol. The van der Waals surface area contributed by atoms with E-state index in [-0.39, 0.29) is 11.9 Å². The number of hydrogen-bond donors (Lipinski definition) is 1. The lowest BCUT2D eigenvalue weighted by molar-refractivity contribution is -0.118. The number of carbonyl (C=O) groups is 1. The predicted molar refractivity (Wildman–Crippen MR) is 104 cm³/mol. The molecular formula is C21H27N3O2. The largest absolute Gasteiger partial charge is 0.457 e. The number of rotatable bonds is 6. The molecule has 3 heterocycles. The number of aromatic nitrogens is 1. The molecule has 5 heteroatoms. The Kier molecular flexibility index (Phi) is 4.72. The van der Waals surface area contributed by atoms with Crippen LogP contribution in [0.1, 0.15) is 50.8 Å². The van der Waals surface area contributed by atoms with E-state index >= 15 is 0 Å². The van der Waals surface area contributed by atoms with Crippen LogP contribution in [0.3, 0.4) is 0 Å². The number of carbonyl (C=O) groups excluding carboxylic acids is 1. The summed E-state index contributed by atoms with van der Waals surface area (Å²) < 4.78 is 8.70. The molecule has 5 nitrogen and oxygen atoms in total. The van der Waals surface area contributed by atoms with E-state index in [9.17, 15) is 4.79 Å². The van der Waals surface area contributed by atoms with Crippen LogP contribution < -0.4 is 5.73 Å². The van der Waals surface area contributed by atoms with Crippen molar-refractivity contribution in [2.24, 2.45) is 5.73 Å². The van der Waals surface area contributed by atoms with E-state index in [0.29, 0.717) is 6.42 Å². The summed E-state index contributed by atoms with van der Waals surface area (Å²) in [6, 6.07) is 10.7. The van der Waals surface area contributed by atoms with E-state index in [0.717, 1.165) is 48.3 Å². The van der Waals surface area contributed by atoms with Crippen molar-refractivity contribution in [2.75, 3.05) is 13.1 Å². The molecule has 0 saturated carbocycles. The zero-order valence-electron chi connectivity index (χ0n) is 15.4. The van der Waals surface area contributed by atoms with Gasteiger partial charge in [0.2, 0.25) is 5.91 Å². The molecule has 1 atom stereocenters. The fraction of sp³-hybridized carbons (Fsp3) is 0.476. The number of para-hydroxylation sites is 1. The van der Waals surface area contributed by atoms with E-state index in [4.69, 9.17) is 10.2 Å². The molecular weight excluding hydrogens is 326 g/mol. The normalized spacial score (nSPS) is 17.1. The van der Waals surface area contributed by atoms with Crippen LogP contribution in [-0.2, 0) is 11.3 Å². The molecule has 0 aliphatic carbocycles. The third-order valence-corrected chi connectivity index (χ3v) is 5.60. The summed E-state index contributed by atoms with van der Waals surface area (Å²) in [6.07, 6.45) is 4.80. The van der Waals surface area contributed by atoms with Gasteiger partial charge >= 0.3 is 0 Å². The van der Waals surface area contributed by atoms with Crippen molar-refractivity contribution in [1.82, 2.24) is 9.47 Å². The zero-order chi connectivity index (χ0) is 18.1. The fourth-order valence-electron chi connectivity index (χ4n) is 4.34. The highest BCUT2D eigenvalue weighted by molar-refractivity contribution is 6.05. The molecule has 1 amide bonds. The summed E-state index contributed by atoms with van der Waals surface area (Å²) in [7, 11) is 0. The molecule has 0 radical (unpaired) electrons. The Labute approximate surface area is 153 Å². The van der Waals surface area contributed by atoms with Gasteiger partial charge in [-0.3, -0.25) is 9.69 Å². The summed E-state index contributed by atoms with van der Waals surface area (Å²) in [5, 5.41) is 1.16. The zero-order valence-corrected chi connectivity index (χ0v) is 15.4. The summed E-state index contributed by atoms with van der Waals surface area (Å²) >= 11 is 0. The van der Waals surface area contributed by atoms with Crippen molar-refractivity contribution in [3.63, 3.8) is 0 Å². The molecule has 26 heavy (non-hydrogen) atoms. The Hall–Kier alpha value is -2.27. The van der Waals surface area contributed by atoms with Crippen LogP contribution in [0.2, 0.25) is 0 Å². The van der Waals surface area contributed by atoms with Gasteiger partial charge < -0.3 is 14.7 Å². The van der Waals surface area contributed by atoms with Gasteiger partial charge in [0, 0.05) is 24.4 Å². The number of benzene rings is 1. The Balaban J connectivity index is 1.77. The van der Waals surface area contributed by atoms with Crippen LogP contribution >= 0.6 is 0 Å². The maximum atomic E-state index is 11.4. The summed E-state index contributed by atoms with van der Waals surface area (Å²) in [5.74, 6) is 0.720. The van der Waals surface area contributed by atoms with Crippen molar-refractivity contribution in [3.8, 4) is 0 Å². The van der Waals surface area contributed by atoms with E-state index < -0.39 is 0 Å². The summed E-state index contributed by atoms with van der Waals surface area (Å²) in [6.45, 7) is 5.18. The van der Waals surface area contributed by atoms with Crippen LogP contribution in [0.15, 0.2) is 34.7 Å². The molecule has 1 fully saturated rings. The van der Waals surface area contributed by atoms with E-state index in [2.05, 4.69) is 46.7 Å². The molecule has 4 rings (SSSR count). The molecule has 1 saturated heterocycles. The molecule has 2 aromatic heterocycles. The second kappa shape index (κ2) is 7.16. The average molecular weight is 353 g/mol. The van der Waals surface area contributed by atoms with Crippen LogP contribution in [0.4, 0.5) is 0 Å². The standard InChI is InChI=1S/C21H27N3O2/c1-2-24-16-9-5-4-8-15(16)21-18(24)14-19(26-21)17(10-11-20(22)25)23-12-6-3-7-13-23/h4-5,8-9,14,17H,2-3,6-7,10-13H2,1H3,(H2,22,25). The number of amides is 1. The van der Waals surface area contributed by atoms with Gasteiger partial charge in [0.15, 0.2) is 5.58 Å². The molecule has 1 aliphatic heterocycles. The first-order valence-electron chi connectivity index (χ1n) is 9.72. The van der Waals surface area contributed by atoms with Gasteiger partial charge in [0.05, 0.1) is 17.1 Å². The Morgan fingerprint density at radius 1 is 1.19 bits per heavy atom. The number of nitrogens with zero attached hydrogens (tertiary/aromatic N) is 2. The van der Waals surface area contributed by atoms with Crippen molar-refractivity contribution in [3.05, 3.63) is 36.1 Å². The summed E-state index contributed by atoms with van der Waals surface area (Å²) in [4.78, 5) is 13.8. The third kappa shape index (κ3) is 3.01.